The summed E-state index contributed by atoms with van der Waals surface area (Å²) in [4.78, 5) is 11.9. The number of hydrogen-bond acceptors (Lipinski definition) is 3. The van der Waals surface area contributed by atoms with Gasteiger partial charge in [-0.1, -0.05) is 23.7 Å². The third-order valence-electron chi connectivity index (χ3n) is 2.87. The van der Waals surface area contributed by atoms with Crippen molar-refractivity contribution in [3.63, 3.8) is 0 Å². The summed E-state index contributed by atoms with van der Waals surface area (Å²) in [6.45, 7) is 3.90. The van der Waals surface area contributed by atoms with E-state index in [9.17, 15) is 9.90 Å². The summed E-state index contributed by atoms with van der Waals surface area (Å²) < 4.78 is 5.60. The minimum absolute atomic E-state index is 0.0384. The molecule has 2 aromatic rings. The van der Waals surface area contributed by atoms with Gasteiger partial charge in [0.1, 0.15) is 11.5 Å². The molecule has 0 fully saturated rings. The highest BCUT2D eigenvalue weighted by Gasteiger charge is 2.05. The zero-order valence-corrected chi connectivity index (χ0v) is 13.7. The number of amides is 1. The molecule has 0 spiro atoms. The maximum atomic E-state index is 11.9. The number of carbonyl (C=O) groups excluding carboxylic acids is 1. The van der Waals surface area contributed by atoms with E-state index in [4.69, 9.17) is 16.3 Å². The highest BCUT2D eigenvalue weighted by atomic mass is 35.5. The Balaban J connectivity index is 2.05. The largest absolute Gasteiger partial charge is 0.506 e. The molecule has 0 unspecified atom stereocenters. The third-order valence-corrected chi connectivity index (χ3v) is 3.11. The molecule has 2 N–H and O–H groups in total. The molecule has 0 atom stereocenters. The summed E-state index contributed by atoms with van der Waals surface area (Å²) in [6, 6.07) is 11.9. The van der Waals surface area contributed by atoms with Crippen LogP contribution in [0.1, 0.15) is 19.4 Å². The Labute approximate surface area is 140 Å². The van der Waals surface area contributed by atoms with Gasteiger partial charge >= 0.3 is 0 Å². The first-order chi connectivity index (χ1) is 10.9. The van der Waals surface area contributed by atoms with Gasteiger partial charge < -0.3 is 15.2 Å². The summed E-state index contributed by atoms with van der Waals surface area (Å²) in [7, 11) is 0. The van der Waals surface area contributed by atoms with Crippen molar-refractivity contribution in [2.75, 3.05) is 5.32 Å². The molecule has 23 heavy (non-hydrogen) atoms. The Bertz CT molecular complexity index is 726. The first-order valence-electron chi connectivity index (χ1n) is 7.18. The van der Waals surface area contributed by atoms with Crippen molar-refractivity contribution in [1.82, 2.24) is 0 Å². The number of nitrogens with one attached hydrogen (secondary N) is 1. The number of carbonyl (C=O) groups is 1. The van der Waals surface area contributed by atoms with Gasteiger partial charge in [0.2, 0.25) is 5.91 Å². The smallest absolute Gasteiger partial charge is 0.248 e. The van der Waals surface area contributed by atoms with Crippen molar-refractivity contribution in [2.45, 2.75) is 20.0 Å². The molecule has 2 aromatic carbocycles. The fourth-order valence-corrected chi connectivity index (χ4v) is 2.09. The van der Waals surface area contributed by atoms with E-state index in [1.807, 2.05) is 38.1 Å². The average molecular weight is 332 g/mol. The topological polar surface area (TPSA) is 58.6 Å². The van der Waals surface area contributed by atoms with Crippen LogP contribution >= 0.6 is 11.6 Å². The molecule has 0 aliphatic rings. The second kappa shape index (κ2) is 7.70. The lowest BCUT2D eigenvalue weighted by molar-refractivity contribution is -0.111. The van der Waals surface area contributed by atoms with E-state index in [-0.39, 0.29) is 23.4 Å². The van der Waals surface area contributed by atoms with Crippen LogP contribution in [0.25, 0.3) is 6.08 Å². The molecule has 0 aliphatic carbocycles. The molecular weight excluding hydrogens is 314 g/mol. The summed E-state index contributed by atoms with van der Waals surface area (Å²) in [5.74, 6) is 0.344. The number of anilines is 1. The maximum absolute atomic E-state index is 11.9. The monoisotopic (exact) mass is 331 g/mol. The van der Waals surface area contributed by atoms with Crippen molar-refractivity contribution in [2.24, 2.45) is 0 Å². The summed E-state index contributed by atoms with van der Waals surface area (Å²) in [6.07, 6.45) is 3.14. The van der Waals surface area contributed by atoms with Gasteiger partial charge in [-0.05, 0) is 55.8 Å². The molecule has 1 amide bonds. The van der Waals surface area contributed by atoms with Crippen molar-refractivity contribution in [3.8, 4) is 11.5 Å². The molecule has 2 rings (SSSR count). The van der Waals surface area contributed by atoms with E-state index in [0.717, 1.165) is 11.3 Å². The number of benzene rings is 2. The average Bonchev–Trinajstić information content (AvgIpc) is 2.49. The number of halogens is 1. The van der Waals surface area contributed by atoms with Crippen LogP contribution in [0.3, 0.4) is 0 Å². The molecular formula is C18H18ClNO3. The number of ether oxygens (including phenoxy) is 1. The van der Waals surface area contributed by atoms with Gasteiger partial charge in [-0.25, -0.2) is 0 Å². The van der Waals surface area contributed by atoms with Crippen LogP contribution in [-0.4, -0.2) is 17.1 Å². The van der Waals surface area contributed by atoms with Gasteiger partial charge in [0.25, 0.3) is 0 Å². The van der Waals surface area contributed by atoms with Gasteiger partial charge in [0.15, 0.2) is 0 Å². The van der Waals surface area contributed by atoms with E-state index in [2.05, 4.69) is 5.32 Å². The fourth-order valence-electron chi connectivity index (χ4n) is 1.92. The minimum atomic E-state index is -0.363. The Kier molecular flexibility index (Phi) is 5.66. The van der Waals surface area contributed by atoms with Crippen LogP contribution < -0.4 is 10.1 Å². The lowest BCUT2D eigenvalue weighted by atomic mass is 10.2. The van der Waals surface area contributed by atoms with Gasteiger partial charge in [-0.15, -0.1) is 0 Å². The zero-order chi connectivity index (χ0) is 16.8. The lowest BCUT2D eigenvalue weighted by Gasteiger charge is -2.09. The second-order valence-electron chi connectivity index (χ2n) is 5.22. The van der Waals surface area contributed by atoms with Crippen molar-refractivity contribution >= 4 is 29.3 Å². The molecule has 0 heterocycles. The zero-order valence-electron chi connectivity index (χ0n) is 12.9. The Morgan fingerprint density at radius 2 is 2.04 bits per heavy atom. The molecule has 4 nitrogen and oxygen atoms in total. The lowest BCUT2D eigenvalue weighted by Crippen LogP contribution is -2.08. The first-order valence-corrected chi connectivity index (χ1v) is 7.56. The number of phenolic OH excluding ortho intramolecular Hbond substituents is 1. The van der Waals surface area contributed by atoms with Crippen molar-refractivity contribution < 1.29 is 14.6 Å². The Morgan fingerprint density at radius 3 is 2.78 bits per heavy atom. The fraction of sp³-hybridized carbons (Fsp3) is 0.167. The normalized spacial score (nSPS) is 11.0. The van der Waals surface area contributed by atoms with Crippen LogP contribution in [0.5, 0.6) is 11.5 Å². The van der Waals surface area contributed by atoms with E-state index in [1.165, 1.54) is 18.2 Å². The van der Waals surface area contributed by atoms with Crippen molar-refractivity contribution in [3.05, 3.63) is 59.1 Å². The van der Waals surface area contributed by atoms with E-state index in [0.29, 0.717) is 5.02 Å². The summed E-state index contributed by atoms with van der Waals surface area (Å²) in [5, 5.41) is 12.7. The highest BCUT2D eigenvalue weighted by molar-refractivity contribution is 6.31. The van der Waals surface area contributed by atoms with Crippen LogP contribution in [0.15, 0.2) is 48.5 Å². The van der Waals surface area contributed by atoms with E-state index in [1.54, 1.807) is 12.1 Å². The number of rotatable bonds is 5. The van der Waals surface area contributed by atoms with Gasteiger partial charge in [-0.2, -0.15) is 0 Å². The molecule has 0 bridgehead atoms. The quantitative estimate of drug-likeness (QED) is 0.627. The molecule has 5 heteroatoms. The molecule has 0 aliphatic heterocycles. The van der Waals surface area contributed by atoms with E-state index < -0.39 is 0 Å². The molecule has 0 radical (unpaired) electrons. The van der Waals surface area contributed by atoms with Crippen LogP contribution in [-0.2, 0) is 4.79 Å². The minimum Gasteiger partial charge on any atom is -0.506 e. The van der Waals surface area contributed by atoms with Gasteiger partial charge in [0.05, 0.1) is 11.8 Å². The standard InChI is InChI=1S/C18H18ClNO3/c1-12(2)23-15-5-3-4-13(10-15)6-9-18(22)20-16-11-14(19)7-8-17(16)21/h3-12,21H,1-2H3,(H,20,22)/b9-6+. The predicted octanol–water partition coefficient (Wildman–Crippen LogP) is 4.48. The number of aromatic hydroxyl groups is 1. The third kappa shape index (κ3) is 5.34. The van der Waals surface area contributed by atoms with Crippen molar-refractivity contribution in [1.29, 1.82) is 0 Å². The first kappa shape index (κ1) is 16.9. The van der Waals surface area contributed by atoms with Gasteiger partial charge in [-0.3, -0.25) is 4.79 Å². The molecule has 0 saturated heterocycles. The highest BCUT2D eigenvalue weighted by Crippen LogP contribution is 2.26. The van der Waals surface area contributed by atoms with Gasteiger partial charge in [0, 0.05) is 11.1 Å². The van der Waals surface area contributed by atoms with Crippen LogP contribution in [0.4, 0.5) is 5.69 Å². The maximum Gasteiger partial charge on any atom is 0.248 e. The molecule has 120 valence electrons. The van der Waals surface area contributed by atoms with Crippen LogP contribution in [0.2, 0.25) is 5.02 Å². The summed E-state index contributed by atoms with van der Waals surface area (Å²) >= 11 is 5.84. The predicted molar refractivity (Wildman–Crippen MR) is 93.0 cm³/mol. The number of phenols is 1. The SMILES string of the molecule is CC(C)Oc1cccc(/C=C/C(=O)Nc2cc(Cl)ccc2O)c1. The summed E-state index contributed by atoms with van der Waals surface area (Å²) in [5.41, 5.74) is 1.11. The number of hydrogen-bond donors (Lipinski definition) is 2. The second-order valence-corrected chi connectivity index (χ2v) is 5.66. The van der Waals surface area contributed by atoms with E-state index >= 15 is 0 Å². The molecule has 0 aromatic heterocycles. The molecule has 0 saturated carbocycles. The van der Waals surface area contributed by atoms with Crippen LogP contribution in [0, 0.1) is 0 Å². The Morgan fingerprint density at radius 1 is 1.26 bits per heavy atom. The Hall–Kier alpha value is -2.46.